The van der Waals surface area contributed by atoms with Crippen LogP contribution in [0.1, 0.15) is 24.4 Å². The number of nitrogens with zero attached hydrogens (tertiary/aromatic N) is 3. The van der Waals surface area contributed by atoms with E-state index in [0.717, 1.165) is 23.4 Å². The highest BCUT2D eigenvalue weighted by Gasteiger charge is 2.19. The largest absolute Gasteiger partial charge is 0.492 e. The molecule has 3 aromatic rings. The molecule has 0 aliphatic heterocycles. The van der Waals surface area contributed by atoms with Crippen LogP contribution in [0, 0.1) is 6.92 Å². The molecule has 6 heteroatoms. The Kier molecular flexibility index (Phi) is 5.91. The van der Waals surface area contributed by atoms with E-state index in [9.17, 15) is 0 Å². The van der Waals surface area contributed by atoms with Crippen LogP contribution < -0.4 is 4.74 Å². The van der Waals surface area contributed by atoms with Gasteiger partial charge in [0.05, 0.1) is 6.04 Å². The highest BCUT2D eigenvalue weighted by atomic mass is 35.5. The van der Waals surface area contributed by atoms with Gasteiger partial charge >= 0.3 is 0 Å². The Morgan fingerprint density at radius 2 is 1.92 bits per heavy atom. The smallest absolute Gasteiger partial charge is 0.247 e. The average molecular weight is 372 g/mol. The summed E-state index contributed by atoms with van der Waals surface area (Å²) in [6.45, 7) is 5.36. The van der Waals surface area contributed by atoms with Crippen molar-refractivity contribution in [3.63, 3.8) is 0 Å². The molecule has 0 aliphatic rings. The molecule has 2 aromatic carbocycles. The predicted molar refractivity (Wildman–Crippen MR) is 102 cm³/mol. The quantitative estimate of drug-likeness (QED) is 0.598. The van der Waals surface area contributed by atoms with Crippen molar-refractivity contribution in [3.05, 3.63) is 65.0 Å². The Hall–Kier alpha value is -2.37. The molecule has 0 saturated heterocycles. The molecule has 1 heterocycles. The van der Waals surface area contributed by atoms with Crippen LogP contribution in [0.5, 0.6) is 5.75 Å². The summed E-state index contributed by atoms with van der Waals surface area (Å²) in [5.41, 5.74) is 2.09. The normalized spacial score (nSPS) is 12.3. The fraction of sp³-hybridized carbons (Fsp3) is 0.300. The molecule has 5 nitrogen and oxygen atoms in total. The van der Waals surface area contributed by atoms with Crippen molar-refractivity contribution in [3.8, 4) is 17.2 Å². The van der Waals surface area contributed by atoms with Gasteiger partial charge in [-0.25, -0.2) is 0 Å². The van der Waals surface area contributed by atoms with Gasteiger partial charge in [-0.05, 0) is 57.3 Å². The summed E-state index contributed by atoms with van der Waals surface area (Å²) in [6, 6.07) is 15.4. The number of likely N-dealkylation sites (N-methyl/N-ethyl adjacent to an activating group) is 1. The lowest BCUT2D eigenvalue weighted by Gasteiger charge is -2.21. The molecule has 3 rings (SSSR count). The monoisotopic (exact) mass is 371 g/mol. The highest BCUT2D eigenvalue weighted by Crippen LogP contribution is 2.23. The van der Waals surface area contributed by atoms with Gasteiger partial charge in [-0.1, -0.05) is 29.3 Å². The van der Waals surface area contributed by atoms with E-state index in [-0.39, 0.29) is 6.04 Å². The van der Waals surface area contributed by atoms with Crippen molar-refractivity contribution in [1.29, 1.82) is 0 Å². The van der Waals surface area contributed by atoms with Gasteiger partial charge in [-0.3, -0.25) is 4.90 Å². The zero-order valence-electron chi connectivity index (χ0n) is 15.1. The van der Waals surface area contributed by atoms with E-state index >= 15 is 0 Å². The van der Waals surface area contributed by atoms with Gasteiger partial charge in [0.1, 0.15) is 12.4 Å². The first kappa shape index (κ1) is 18.4. The topological polar surface area (TPSA) is 51.4 Å². The minimum absolute atomic E-state index is 0.00474. The van der Waals surface area contributed by atoms with Crippen LogP contribution in [-0.4, -0.2) is 35.3 Å². The van der Waals surface area contributed by atoms with E-state index in [1.165, 1.54) is 0 Å². The van der Waals surface area contributed by atoms with E-state index < -0.39 is 0 Å². The van der Waals surface area contributed by atoms with Gasteiger partial charge in [-0.2, -0.15) is 0 Å². The van der Waals surface area contributed by atoms with Crippen LogP contribution in [0.2, 0.25) is 5.02 Å². The van der Waals surface area contributed by atoms with Gasteiger partial charge in [0.15, 0.2) is 0 Å². The molecule has 0 unspecified atom stereocenters. The Bertz CT molecular complexity index is 848. The maximum atomic E-state index is 5.87. The van der Waals surface area contributed by atoms with Gasteiger partial charge < -0.3 is 9.15 Å². The van der Waals surface area contributed by atoms with Crippen molar-refractivity contribution >= 4 is 11.6 Å². The van der Waals surface area contributed by atoms with Crippen LogP contribution in [0.25, 0.3) is 11.5 Å². The molecule has 0 fully saturated rings. The number of rotatable bonds is 7. The second-order valence-corrected chi connectivity index (χ2v) is 6.71. The molecule has 0 amide bonds. The van der Waals surface area contributed by atoms with Gasteiger partial charge in [0.25, 0.3) is 0 Å². The molecular weight excluding hydrogens is 350 g/mol. The third-order valence-electron chi connectivity index (χ3n) is 4.25. The predicted octanol–water partition coefficient (Wildman–Crippen LogP) is 4.77. The summed E-state index contributed by atoms with van der Waals surface area (Å²) in [4.78, 5) is 2.11. The second kappa shape index (κ2) is 8.34. The van der Waals surface area contributed by atoms with Crippen molar-refractivity contribution < 1.29 is 9.15 Å². The van der Waals surface area contributed by atoms with Crippen molar-refractivity contribution in [2.75, 3.05) is 20.2 Å². The Morgan fingerprint density at radius 1 is 1.15 bits per heavy atom. The molecule has 136 valence electrons. The van der Waals surface area contributed by atoms with E-state index in [1.54, 1.807) is 0 Å². The van der Waals surface area contributed by atoms with Crippen LogP contribution in [0.4, 0.5) is 0 Å². The van der Waals surface area contributed by atoms with E-state index in [2.05, 4.69) is 15.1 Å². The fourth-order valence-corrected chi connectivity index (χ4v) is 2.64. The number of aromatic nitrogens is 2. The van der Waals surface area contributed by atoms with E-state index in [0.29, 0.717) is 23.4 Å². The molecule has 0 radical (unpaired) electrons. The van der Waals surface area contributed by atoms with Crippen LogP contribution in [0.15, 0.2) is 52.9 Å². The number of hydrogen-bond acceptors (Lipinski definition) is 5. The fourth-order valence-electron chi connectivity index (χ4n) is 2.52. The first-order valence-corrected chi connectivity index (χ1v) is 8.90. The first-order chi connectivity index (χ1) is 12.5. The summed E-state index contributed by atoms with van der Waals surface area (Å²) in [6.07, 6.45) is 0. The molecule has 0 spiro atoms. The Labute approximate surface area is 158 Å². The third-order valence-corrected chi connectivity index (χ3v) is 4.50. The Morgan fingerprint density at radius 3 is 2.65 bits per heavy atom. The molecule has 0 bridgehead atoms. The minimum Gasteiger partial charge on any atom is -0.492 e. The van der Waals surface area contributed by atoms with Crippen molar-refractivity contribution in [2.45, 2.75) is 19.9 Å². The van der Waals surface area contributed by atoms with Crippen molar-refractivity contribution in [2.24, 2.45) is 0 Å². The summed E-state index contributed by atoms with van der Waals surface area (Å²) < 4.78 is 11.6. The van der Waals surface area contributed by atoms with Gasteiger partial charge in [-0.15, -0.1) is 10.2 Å². The zero-order chi connectivity index (χ0) is 18.5. The average Bonchev–Trinajstić information content (AvgIpc) is 3.13. The van der Waals surface area contributed by atoms with Crippen LogP contribution >= 0.6 is 11.6 Å². The van der Waals surface area contributed by atoms with Crippen LogP contribution in [0.3, 0.4) is 0 Å². The molecule has 0 N–H and O–H groups in total. The van der Waals surface area contributed by atoms with Gasteiger partial charge in [0, 0.05) is 17.1 Å². The lowest BCUT2D eigenvalue weighted by Crippen LogP contribution is -2.27. The number of aryl methyl sites for hydroxylation is 1. The first-order valence-electron chi connectivity index (χ1n) is 8.52. The van der Waals surface area contributed by atoms with E-state index in [4.69, 9.17) is 20.8 Å². The van der Waals surface area contributed by atoms with E-state index in [1.807, 2.05) is 69.4 Å². The summed E-state index contributed by atoms with van der Waals surface area (Å²) in [7, 11) is 2.01. The summed E-state index contributed by atoms with van der Waals surface area (Å²) in [5.74, 6) is 1.94. The molecule has 0 saturated carbocycles. The maximum Gasteiger partial charge on any atom is 0.247 e. The molecular formula is C20H22ClN3O2. The summed E-state index contributed by atoms with van der Waals surface area (Å²) in [5, 5.41) is 9.08. The minimum atomic E-state index is -0.00474. The number of hydrogen-bond donors (Lipinski definition) is 0. The highest BCUT2D eigenvalue weighted by molar-refractivity contribution is 6.30. The zero-order valence-corrected chi connectivity index (χ0v) is 15.9. The SMILES string of the molecule is Cc1cccc(-c2nnc([C@@H](C)N(C)CCOc3ccc(Cl)cc3)o2)c1. The number of ether oxygens (including phenoxy) is 1. The molecule has 0 aliphatic carbocycles. The van der Waals surface area contributed by atoms with Crippen LogP contribution in [-0.2, 0) is 0 Å². The lowest BCUT2D eigenvalue weighted by molar-refractivity contribution is 0.182. The maximum absolute atomic E-state index is 5.87. The Balaban J connectivity index is 1.56. The number of halogens is 1. The molecule has 1 aromatic heterocycles. The van der Waals surface area contributed by atoms with Gasteiger partial charge in [0.2, 0.25) is 11.8 Å². The molecule has 26 heavy (non-hydrogen) atoms. The van der Waals surface area contributed by atoms with Crippen molar-refractivity contribution in [1.82, 2.24) is 15.1 Å². The third kappa shape index (κ3) is 4.62. The lowest BCUT2D eigenvalue weighted by atomic mass is 10.1. The second-order valence-electron chi connectivity index (χ2n) is 6.27. The molecule has 1 atom stereocenters. The number of benzene rings is 2. The standard InChI is InChI=1S/C20H22ClN3O2/c1-14-5-4-6-16(13-14)20-23-22-19(26-20)15(2)24(3)11-12-25-18-9-7-17(21)8-10-18/h4-10,13,15H,11-12H2,1-3H3/t15-/m1/s1. The summed E-state index contributed by atoms with van der Waals surface area (Å²) >= 11 is 5.87.